The maximum atomic E-state index is 12.0. The molecule has 6 heteroatoms. The topological polar surface area (TPSA) is 86.7 Å². The fraction of sp³-hybridized carbons (Fsp3) is 0.727. The lowest BCUT2D eigenvalue weighted by Crippen LogP contribution is -2.41. The van der Waals surface area contributed by atoms with Crippen LogP contribution < -0.4 is 5.32 Å². The maximum absolute atomic E-state index is 12.0. The molecule has 96 valence electrons. The molecule has 1 aliphatic rings. The maximum Gasteiger partial charge on any atom is 0.307 e. The molecule has 0 aromatic rings. The third-order valence-corrected chi connectivity index (χ3v) is 3.19. The highest BCUT2D eigenvalue weighted by atomic mass is 16.4. The van der Waals surface area contributed by atoms with Gasteiger partial charge in [0.25, 0.3) is 0 Å². The predicted octanol–water partition coefficient (Wildman–Crippen LogP) is -0.308. The lowest BCUT2D eigenvalue weighted by molar-refractivity contribution is -0.149. The van der Waals surface area contributed by atoms with Gasteiger partial charge >= 0.3 is 5.97 Å². The van der Waals surface area contributed by atoms with Crippen molar-refractivity contribution in [2.24, 2.45) is 11.8 Å². The van der Waals surface area contributed by atoms with Crippen LogP contribution in [0.15, 0.2) is 0 Å². The lowest BCUT2D eigenvalue weighted by Gasteiger charge is -2.22. The number of carbonyl (C=O) groups is 3. The van der Waals surface area contributed by atoms with Gasteiger partial charge in [0.1, 0.15) is 0 Å². The van der Waals surface area contributed by atoms with Crippen LogP contribution in [0.4, 0.5) is 0 Å². The van der Waals surface area contributed by atoms with Crippen LogP contribution in [0.3, 0.4) is 0 Å². The summed E-state index contributed by atoms with van der Waals surface area (Å²) in [5.74, 6) is -2.52. The second-order valence-electron chi connectivity index (χ2n) is 4.35. The molecule has 0 unspecified atom stereocenters. The first-order valence-corrected chi connectivity index (χ1v) is 5.65. The first kappa shape index (κ1) is 13.5. The van der Waals surface area contributed by atoms with Crippen molar-refractivity contribution in [2.75, 3.05) is 20.6 Å². The predicted molar refractivity (Wildman–Crippen MR) is 60.2 cm³/mol. The molecule has 0 aromatic carbocycles. The number of nitrogens with zero attached hydrogens (tertiary/aromatic N) is 1. The molecule has 1 fully saturated rings. The number of aliphatic carboxylic acids is 1. The Morgan fingerprint density at radius 2 is 1.88 bits per heavy atom. The summed E-state index contributed by atoms with van der Waals surface area (Å²) in [5.41, 5.74) is 0. The van der Waals surface area contributed by atoms with Gasteiger partial charge in [0, 0.05) is 14.1 Å². The Morgan fingerprint density at radius 1 is 1.29 bits per heavy atom. The number of carboxylic acids is 1. The molecule has 2 N–H and O–H groups in total. The van der Waals surface area contributed by atoms with Crippen LogP contribution in [-0.4, -0.2) is 48.4 Å². The van der Waals surface area contributed by atoms with Crippen LogP contribution in [0.1, 0.15) is 19.3 Å². The first-order chi connectivity index (χ1) is 7.97. The summed E-state index contributed by atoms with van der Waals surface area (Å²) >= 11 is 0. The number of hydrogen-bond acceptors (Lipinski definition) is 3. The van der Waals surface area contributed by atoms with E-state index >= 15 is 0 Å². The molecular weight excluding hydrogens is 224 g/mol. The number of carbonyl (C=O) groups excluding carboxylic acids is 2. The van der Waals surface area contributed by atoms with Crippen LogP contribution in [0.25, 0.3) is 0 Å². The van der Waals surface area contributed by atoms with Crippen molar-refractivity contribution in [3.05, 3.63) is 0 Å². The molecular formula is C11H18N2O4. The Kier molecular flexibility index (Phi) is 4.48. The number of amides is 2. The van der Waals surface area contributed by atoms with Gasteiger partial charge in [-0.1, -0.05) is 6.42 Å². The normalized spacial score (nSPS) is 23.2. The van der Waals surface area contributed by atoms with E-state index in [0.717, 1.165) is 6.42 Å². The number of carboxylic acid groups (broad SMARTS) is 1. The Balaban J connectivity index is 2.62. The van der Waals surface area contributed by atoms with Crippen molar-refractivity contribution in [3.8, 4) is 0 Å². The van der Waals surface area contributed by atoms with Crippen LogP contribution >= 0.6 is 0 Å². The smallest absolute Gasteiger partial charge is 0.307 e. The van der Waals surface area contributed by atoms with Crippen molar-refractivity contribution >= 4 is 17.8 Å². The fourth-order valence-corrected chi connectivity index (χ4v) is 2.21. The highest BCUT2D eigenvalue weighted by Crippen LogP contribution is 2.33. The molecule has 1 aliphatic carbocycles. The average Bonchev–Trinajstić information content (AvgIpc) is 2.76. The quantitative estimate of drug-likeness (QED) is 0.708. The molecule has 0 saturated heterocycles. The first-order valence-electron chi connectivity index (χ1n) is 5.65. The summed E-state index contributed by atoms with van der Waals surface area (Å²) in [5, 5.41) is 11.4. The van der Waals surface area contributed by atoms with E-state index in [1.807, 2.05) is 0 Å². The fourth-order valence-electron chi connectivity index (χ4n) is 2.21. The van der Waals surface area contributed by atoms with E-state index in [1.54, 1.807) is 0 Å². The molecule has 2 atom stereocenters. The Bertz CT molecular complexity index is 329. The van der Waals surface area contributed by atoms with Crippen molar-refractivity contribution < 1.29 is 19.5 Å². The van der Waals surface area contributed by atoms with E-state index < -0.39 is 17.8 Å². The van der Waals surface area contributed by atoms with Crippen molar-refractivity contribution in [1.29, 1.82) is 0 Å². The highest BCUT2D eigenvalue weighted by molar-refractivity contribution is 5.88. The zero-order chi connectivity index (χ0) is 13.0. The largest absolute Gasteiger partial charge is 0.481 e. The van der Waals surface area contributed by atoms with E-state index in [0.29, 0.717) is 12.8 Å². The molecule has 1 saturated carbocycles. The number of likely N-dealkylation sites (N-methyl/N-ethyl adjacent to an activating group) is 2. The Labute approximate surface area is 100.0 Å². The second-order valence-corrected chi connectivity index (χ2v) is 4.35. The van der Waals surface area contributed by atoms with Gasteiger partial charge < -0.3 is 15.3 Å². The summed E-state index contributed by atoms with van der Waals surface area (Å²) in [6.45, 7) is -0.0296. The Morgan fingerprint density at radius 3 is 2.41 bits per heavy atom. The van der Waals surface area contributed by atoms with Gasteiger partial charge in [-0.2, -0.15) is 0 Å². The van der Waals surface area contributed by atoms with E-state index in [9.17, 15) is 14.4 Å². The molecule has 17 heavy (non-hydrogen) atoms. The molecule has 0 radical (unpaired) electrons. The zero-order valence-corrected chi connectivity index (χ0v) is 10.1. The molecule has 0 heterocycles. The van der Waals surface area contributed by atoms with Crippen molar-refractivity contribution in [3.63, 3.8) is 0 Å². The summed E-state index contributed by atoms with van der Waals surface area (Å²) in [7, 11) is 3.02. The molecule has 2 amide bonds. The lowest BCUT2D eigenvalue weighted by atomic mass is 9.95. The average molecular weight is 242 g/mol. The van der Waals surface area contributed by atoms with Gasteiger partial charge in [0.05, 0.1) is 18.4 Å². The number of hydrogen-bond donors (Lipinski definition) is 2. The summed E-state index contributed by atoms with van der Waals surface area (Å²) in [4.78, 5) is 35.4. The summed E-state index contributed by atoms with van der Waals surface area (Å²) in [6, 6.07) is 0. The van der Waals surface area contributed by atoms with E-state index in [-0.39, 0.29) is 18.4 Å². The molecule has 0 spiro atoms. The number of rotatable bonds is 4. The van der Waals surface area contributed by atoms with Crippen molar-refractivity contribution in [1.82, 2.24) is 10.2 Å². The van der Waals surface area contributed by atoms with Gasteiger partial charge in [-0.25, -0.2) is 0 Å². The van der Waals surface area contributed by atoms with E-state index in [1.165, 1.54) is 19.0 Å². The minimum absolute atomic E-state index is 0.0296. The minimum atomic E-state index is -0.922. The molecule has 0 aromatic heterocycles. The van der Waals surface area contributed by atoms with Gasteiger partial charge in [0.15, 0.2) is 0 Å². The second kappa shape index (κ2) is 5.65. The molecule has 1 rings (SSSR count). The third-order valence-electron chi connectivity index (χ3n) is 3.19. The van der Waals surface area contributed by atoms with Crippen LogP contribution in [-0.2, 0) is 14.4 Å². The third kappa shape index (κ3) is 3.18. The van der Waals surface area contributed by atoms with Crippen molar-refractivity contribution in [2.45, 2.75) is 19.3 Å². The minimum Gasteiger partial charge on any atom is -0.481 e. The van der Waals surface area contributed by atoms with Gasteiger partial charge in [-0.3, -0.25) is 14.4 Å². The van der Waals surface area contributed by atoms with E-state index in [2.05, 4.69) is 5.32 Å². The van der Waals surface area contributed by atoms with Crippen LogP contribution in [0, 0.1) is 11.8 Å². The SMILES string of the molecule is CNC(=O)CN(C)C(=O)[C@@H]1CCC[C@@H]1C(=O)O. The van der Waals surface area contributed by atoms with Crippen LogP contribution in [0.2, 0.25) is 0 Å². The summed E-state index contributed by atoms with van der Waals surface area (Å²) < 4.78 is 0. The molecule has 6 nitrogen and oxygen atoms in total. The monoisotopic (exact) mass is 242 g/mol. The van der Waals surface area contributed by atoms with Gasteiger partial charge in [-0.05, 0) is 12.8 Å². The zero-order valence-electron chi connectivity index (χ0n) is 10.1. The van der Waals surface area contributed by atoms with E-state index in [4.69, 9.17) is 5.11 Å². The molecule has 0 bridgehead atoms. The highest BCUT2D eigenvalue weighted by Gasteiger charge is 2.39. The van der Waals surface area contributed by atoms with Crippen LogP contribution in [0.5, 0.6) is 0 Å². The number of nitrogens with one attached hydrogen (secondary N) is 1. The standard InChI is InChI=1S/C11H18N2O4/c1-12-9(14)6-13(2)10(15)7-4-3-5-8(7)11(16)17/h7-8H,3-6H2,1-2H3,(H,12,14)(H,16,17)/t7-,8+/m1/s1. The van der Waals surface area contributed by atoms with Gasteiger partial charge in [-0.15, -0.1) is 0 Å². The molecule has 0 aliphatic heterocycles. The van der Waals surface area contributed by atoms with Gasteiger partial charge in [0.2, 0.25) is 11.8 Å². The summed E-state index contributed by atoms with van der Waals surface area (Å²) in [6.07, 6.45) is 1.88. The Hall–Kier alpha value is -1.59.